The van der Waals surface area contributed by atoms with Crippen LogP contribution >= 0.6 is 0 Å². The maximum atomic E-state index is 10.1. The van der Waals surface area contributed by atoms with Gasteiger partial charge in [0.15, 0.2) is 0 Å². The van der Waals surface area contributed by atoms with Crippen LogP contribution in [0, 0.1) is 5.92 Å². The third-order valence-electron chi connectivity index (χ3n) is 4.63. The molecule has 1 aliphatic heterocycles. The molecular weight excluding hydrogens is 212 g/mol. The van der Waals surface area contributed by atoms with E-state index in [2.05, 4.69) is 18.7 Å². The van der Waals surface area contributed by atoms with E-state index in [0.29, 0.717) is 12.6 Å². The molecule has 1 saturated heterocycles. The number of likely N-dealkylation sites (tertiary alicyclic amines) is 1. The van der Waals surface area contributed by atoms with Gasteiger partial charge in [-0.2, -0.15) is 0 Å². The van der Waals surface area contributed by atoms with Gasteiger partial charge in [0.1, 0.15) is 0 Å². The van der Waals surface area contributed by atoms with Crippen LogP contribution in [0.15, 0.2) is 0 Å². The Hall–Kier alpha value is -0.120. The maximum absolute atomic E-state index is 10.1. The standard InChI is InChI=1S/C14H30N2O/c1-4-14(17,11-15)8-6-10-16-9-5-7-12(2)13(16)3/h12-13,17H,4-11,15H2,1-3H3. The lowest BCUT2D eigenvalue weighted by Crippen LogP contribution is -2.44. The van der Waals surface area contributed by atoms with Crippen LogP contribution in [0.4, 0.5) is 0 Å². The monoisotopic (exact) mass is 242 g/mol. The summed E-state index contributed by atoms with van der Waals surface area (Å²) in [5, 5.41) is 10.1. The first-order valence-corrected chi connectivity index (χ1v) is 7.19. The molecule has 0 radical (unpaired) electrons. The molecule has 0 amide bonds. The predicted octanol–water partition coefficient (Wildman–Crippen LogP) is 1.99. The maximum Gasteiger partial charge on any atom is 0.0767 e. The third kappa shape index (κ3) is 4.23. The van der Waals surface area contributed by atoms with Crippen LogP contribution in [0.3, 0.4) is 0 Å². The molecule has 17 heavy (non-hydrogen) atoms. The lowest BCUT2D eigenvalue weighted by molar-refractivity contribution is 0.0269. The largest absolute Gasteiger partial charge is 0.389 e. The van der Waals surface area contributed by atoms with Crippen LogP contribution in [0.5, 0.6) is 0 Å². The number of piperidine rings is 1. The predicted molar refractivity (Wildman–Crippen MR) is 73.0 cm³/mol. The van der Waals surface area contributed by atoms with E-state index >= 15 is 0 Å². The highest BCUT2D eigenvalue weighted by molar-refractivity contribution is 4.81. The summed E-state index contributed by atoms with van der Waals surface area (Å²) in [6, 6.07) is 0.691. The molecule has 1 heterocycles. The molecule has 102 valence electrons. The van der Waals surface area contributed by atoms with Crippen molar-refractivity contribution < 1.29 is 5.11 Å². The Kier molecular flexibility index (Phi) is 5.90. The van der Waals surface area contributed by atoms with Crippen molar-refractivity contribution in [3.05, 3.63) is 0 Å². The van der Waals surface area contributed by atoms with Crippen molar-refractivity contribution in [2.45, 2.75) is 64.5 Å². The van der Waals surface area contributed by atoms with Gasteiger partial charge >= 0.3 is 0 Å². The molecule has 3 atom stereocenters. The van der Waals surface area contributed by atoms with Crippen molar-refractivity contribution in [2.75, 3.05) is 19.6 Å². The average molecular weight is 242 g/mol. The second-order valence-electron chi connectivity index (χ2n) is 5.78. The van der Waals surface area contributed by atoms with E-state index in [1.165, 1.54) is 19.4 Å². The Labute approximate surface area is 106 Å². The van der Waals surface area contributed by atoms with E-state index in [9.17, 15) is 5.11 Å². The van der Waals surface area contributed by atoms with Gasteiger partial charge in [-0.15, -0.1) is 0 Å². The molecular formula is C14H30N2O. The highest BCUT2D eigenvalue weighted by atomic mass is 16.3. The molecule has 3 N–H and O–H groups in total. The zero-order valence-corrected chi connectivity index (χ0v) is 11.8. The van der Waals surface area contributed by atoms with Gasteiger partial charge in [-0.25, -0.2) is 0 Å². The summed E-state index contributed by atoms with van der Waals surface area (Å²) in [5.41, 5.74) is 4.99. The van der Waals surface area contributed by atoms with Crippen LogP contribution in [0.25, 0.3) is 0 Å². The molecule has 0 aliphatic carbocycles. The first-order chi connectivity index (χ1) is 8.02. The van der Waals surface area contributed by atoms with Gasteiger partial charge in [-0.3, -0.25) is 0 Å². The normalized spacial score (nSPS) is 30.2. The van der Waals surface area contributed by atoms with Crippen molar-refractivity contribution >= 4 is 0 Å². The number of hydrogen-bond acceptors (Lipinski definition) is 3. The van der Waals surface area contributed by atoms with E-state index in [-0.39, 0.29) is 0 Å². The minimum absolute atomic E-state index is 0.384. The van der Waals surface area contributed by atoms with Gasteiger partial charge in [-0.05, 0) is 58.0 Å². The first-order valence-electron chi connectivity index (χ1n) is 7.19. The zero-order valence-electron chi connectivity index (χ0n) is 11.8. The Morgan fingerprint density at radius 2 is 2.12 bits per heavy atom. The van der Waals surface area contributed by atoms with Gasteiger partial charge in [0.25, 0.3) is 0 Å². The molecule has 1 fully saturated rings. The lowest BCUT2D eigenvalue weighted by atomic mass is 9.90. The Bertz CT molecular complexity index is 216. The van der Waals surface area contributed by atoms with Crippen LogP contribution in [0.2, 0.25) is 0 Å². The SMILES string of the molecule is CCC(O)(CN)CCCN1CCCC(C)C1C. The average Bonchev–Trinajstić information content (AvgIpc) is 2.34. The minimum Gasteiger partial charge on any atom is -0.389 e. The van der Waals surface area contributed by atoms with Crippen molar-refractivity contribution in [2.24, 2.45) is 11.7 Å². The van der Waals surface area contributed by atoms with E-state index in [1.807, 2.05) is 6.92 Å². The number of nitrogens with zero attached hydrogens (tertiary/aromatic N) is 1. The molecule has 1 aliphatic rings. The van der Waals surface area contributed by atoms with E-state index < -0.39 is 5.60 Å². The second kappa shape index (κ2) is 6.72. The molecule has 0 spiro atoms. The van der Waals surface area contributed by atoms with E-state index in [1.54, 1.807) is 0 Å². The van der Waals surface area contributed by atoms with Crippen LogP contribution in [-0.2, 0) is 0 Å². The summed E-state index contributed by atoms with van der Waals surface area (Å²) in [4.78, 5) is 2.57. The number of rotatable bonds is 6. The van der Waals surface area contributed by atoms with Crippen molar-refractivity contribution in [3.8, 4) is 0 Å². The summed E-state index contributed by atoms with van der Waals surface area (Å²) in [5.74, 6) is 0.809. The number of hydrogen-bond donors (Lipinski definition) is 2. The number of aliphatic hydroxyl groups is 1. The van der Waals surface area contributed by atoms with Gasteiger partial charge in [0, 0.05) is 12.6 Å². The van der Waals surface area contributed by atoms with Gasteiger partial charge in [-0.1, -0.05) is 13.8 Å². The molecule has 3 nitrogen and oxygen atoms in total. The molecule has 0 saturated carbocycles. The van der Waals surface area contributed by atoms with Crippen LogP contribution < -0.4 is 5.73 Å². The molecule has 0 aromatic carbocycles. The van der Waals surface area contributed by atoms with Crippen LogP contribution in [-0.4, -0.2) is 41.3 Å². The second-order valence-corrected chi connectivity index (χ2v) is 5.78. The fourth-order valence-electron chi connectivity index (χ4n) is 2.77. The van der Waals surface area contributed by atoms with Crippen molar-refractivity contribution in [3.63, 3.8) is 0 Å². The molecule has 3 heteroatoms. The molecule has 0 aromatic rings. The van der Waals surface area contributed by atoms with Crippen molar-refractivity contribution in [1.29, 1.82) is 0 Å². The van der Waals surface area contributed by atoms with E-state index in [0.717, 1.165) is 31.7 Å². The molecule has 3 unspecified atom stereocenters. The van der Waals surface area contributed by atoms with E-state index in [4.69, 9.17) is 5.73 Å². The highest BCUT2D eigenvalue weighted by Crippen LogP contribution is 2.24. The van der Waals surface area contributed by atoms with Gasteiger partial charge in [0.05, 0.1) is 5.60 Å². The van der Waals surface area contributed by atoms with Gasteiger partial charge in [0.2, 0.25) is 0 Å². The van der Waals surface area contributed by atoms with Crippen LogP contribution in [0.1, 0.15) is 52.9 Å². The Morgan fingerprint density at radius 3 is 2.71 bits per heavy atom. The zero-order chi connectivity index (χ0) is 12.9. The summed E-state index contributed by atoms with van der Waals surface area (Å²) < 4.78 is 0. The fraction of sp³-hybridized carbons (Fsp3) is 1.00. The van der Waals surface area contributed by atoms with Crippen molar-refractivity contribution in [1.82, 2.24) is 4.90 Å². The summed E-state index contributed by atoms with van der Waals surface area (Å²) >= 11 is 0. The topological polar surface area (TPSA) is 49.5 Å². The highest BCUT2D eigenvalue weighted by Gasteiger charge is 2.26. The molecule has 0 bridgehead atoms. The molecule has 1 rings (SSSR count). The lowest BCUT2D eigenvalue weighted by Gasteiger charge is -2.38. The Balaban J connectivity index is 2.30. The number of nitrogens with two attached hydrogens (primary N) is 1. The summed E-state index contributed by atoms with van der Waals surface area (Å²) in [7, 11) is 0. The first kappa shape index (κ1) is 14.9. The summed E-state index contributed by atoms with van der Waals surface area (Å²) in [6.45, 7) is 9.40. The minimum atomic E-state index is -0.634. The quantitative estimate of drug-likeness (QED) is 0.749. The smallest absolute Gasteiger partial charge is 0.0767 e. The molecule has 0 aromatic heterocycles. The summed E-state index contributed by atoms with van der Waals surface area (Å²) in [6.07, 6.45) is 5.32. The third-order valence-corrected chi connectivity index (χ3v) is 4.63. The van der Waals surface area contributed by atoms with Gasteiger partial charge < -0.3 is 15.7 Å². The Morgan fingerprint density at radius 1 is 1.41 bits per heavy atom. The fourth-order valence-corrected chi connectivity index (χ4v) is 2.77.